The minimum atomic E-state index is -0.680. The standard InChI is InChI=1S/C17H20N4O5/c1-18-16(24)13-9-14(11-3-5-12(26-2)6-4-11)20-21(17(13)25)10-15(23)19-7-8-22/h3-6,9,22H,7-8,10H2,1-2H3,(H,18,24)(H,19,23). The van der Waals surface area contributed by atoms with Gasteiger partial charge in [0.1, 0.15) is 17.9 Å². The van der Waals surface area contributed by atoms with Crippen LogP contribution >= 0.6 is 0 Å². The van der Waals surface area contributed by atoms with Crippen molar-refractivity contribution in [2.24, 2.45) is 0 Å². The first-order chi connectivity index (χ1) is 12.5. The Hall–Kier alpha value is -3.20. The third-order valence-electron chi connectivity index (χ3n) is 3.56. The van der Waals surface area contributed by atoms with Crippen LogP contribution in [0.5, 0.6) is 5.75 Å². The number of methoxy groups -OCH3 is 1. The van der Waals surface area contributed by atoms with E-state index < -0.39 is 17.4 Å². The summed E-state index contributed by atoms with van der Waals surface area (Å²) in [4.78, 5) is 36.3. The molecule has 0 bridgehead atoms. The van der Waals surface area contributed by atoms with E-state index in [1.807, 2.05) is 0 Å². The van der Waals surface area contributed by atoms with E-state index in [-0.39, 0.29) is 25.3 Å². The molecular formula is C17H20N4O5. The van der Waals surface area contributed by atoms with Crippen LogP contribution in [0.1, 0.15) is 10.4 Å². The largest absolute Gasteiger partial charge is 0.497 e. The van der Waals surface area contributed by atoms with Crippen molar-refractivity contribution in [3.63, 3.8) is 0 Å². The highest BCUT2D eigenvalue weighted by Gasteiger charge is 2.17. The van der Waals surface area contributed by atoms with Gasteiger partial charge in [-0.25, -0.2) is 4.68 Å². The molecule has 0 aliphatic heterocycles. The van der Waals surface area contributed by atoms with Gasteiger partial charge in [-0.1, -0.05) is 0 Å². The van der Waals surface area contributed by atoms with Gasteiger partial charge >= 0.3 is 0 Å². The van der Waals surface area contributed by atoms with Crippen LogP contribution in [-0.4, -0.2) is 54.0 Å². The Kier molecular flexibility index (Phi) is 6.45. The highest BCUT2D eigenvalue weighted by Crippen LogP contribution is 2.20. The number of hydrogen-bond donors (Lipinski definition) is 3. The first kappa shape index (κ1) is 19.1. The lowest BCUT2D eigenvalue weighted by Crippen LogP contribution is -2.38. The number of nitrogens with zero attached hydrogens (tertiary/aromatic N) is 2. The van der Waals surface area contributed by atoms with Gasteiger partial charge in [-0.2, -0.15) is 5.10 Å². The third kappa shape index (κ3) is 4.45. The van der Waals surface area contributed by atoms with E-state index in [0.29, 0.717) is 17.0 Å². The quantitative estimate of drug-likeness (QED) is 0.605. The molecule has 9 nitrogen and oxygen atoms in total. The van der Waals surface area contributed by atoms with Crippen LogP contribution in [0.25, 0.3) is 11.3 Å². The first-order valence-electron chi connectivity index (χ1n) is 7.86. The molecule has 0 saturated carbocycles. The second-order valence-corrected chi connectivity index (χ2v) is 5.29. The number of aliphatic hydroxyl groups excluding tert-OH is 1. The number of nitrogens with one attached hydrogen (secondary N) is 2. The van der Waals surface area contributed by atoms with Crippen LogP contribution in [0.3, 0.4) is 0 Å². The summed E-state index contributed by atoms with van der Waals surface area (Å²) in [6, 6.07) is 8.29. The number of benzene rings is 1. The number of carbonyl (C=O) groups is 2. The van der Waals surface area contributed by atoms with Gasteiger partial charge in [0.05, 0.1) is 19.4 Å². The Morgan fingerprint density at radius 3 is 2.54 bits per heavy atom. The van der Waals surface area contributed by atoms with E-state index in [1.54, 1.807) is 31.4 Å². The zero-order valence-electron chi connectivity index (χ0n) is 14.5. The van der Waals surface area contributed by atoms with Gasteiger partial charge in [-0.15, -0.1) is 0 Å². The molecule has 0 unspecified atom stereocenters. The molecule has 0 aliphatic rings. The van der Waals surface area contributed by atoms with Crippen LogP contribution in [0.15, 0.2) is 35.1 Å². The Bertz CT molecular complexity index is 845. The predicted octanol–water partition coefficient (Wildman–Crippen LogP) is -0.613. The summed E-state index contributed by atoms with van der Waals surface area (Å²) >= 11 is 0. The minimum absolute atomic E-state index is 0.0635. The number of aliphatic hydroxyl groups is 1. The lowest BCUT2D eigenvalue weighted by atomic mass is 10.1. The second kappa shape index (κ2) is 8.77. The lowest BCUT2D eigenvalue weighted by Gasteiger charge is -2.11. The molecule has 0 radical (unpaired) electrons. The van der Waals surface area contributed by atoms with Crippen molar-refractivity contribution in [1.82, 2.24) is 20.4 Å². The highest BCUT2D eigenvalue weighted by molar-refractivity contribution is 5.94. The molecule has 0 saturated heterocycles. The summed E-state index contributed by atoms with van der Waals surface area (Å²) < 4.78 is 6.03. The maximum absolute atomic E-state index is 12.5. The number of amides is 2. The smallest absolute Gasteiger partial charge is 0.280 e. The maximum atomic E-state index is 12.5. The third-order valence-corrected chi connectivity index (χ3v) is 3.56. The summed E-state index contributed by atoms with van der Waals surface area (Å²) in [6.45, 7) is -0.523. The summed E-state index contributed by atoms with van der Waals surface area (Å²) in [5.41, 5.74) is 0.213. The minimum Gasteiger partial charge on any atom is -0.497 e. The summed E-state index contributed by atoms with van der Waals surface area (Å²) in [7, 11) is 2.95. The van der Waals surface area contributed by atoms with E-state index in [9.17, 15) is 14.4 Å². The van der Waals surface area contributed by atoms with Crippen molar-refractivity contribution in [2.75, 3.05) is 27.3 Å². The zero-order valence-corrected chi connectivity index (χ0v) is 14.5. The molecule has 1 aromatic heterocycles. The van der Waals surface area contributed by atoms with E-state index in [0.717, 1.165) is 4.68 Å². The molecule has 3 N–H and O–H groups in total. The lowest BCUT2D eigenvalue weighted by molar-refractivity contribution is -0.122. The van der Waals surface area contributed by atoms with Crippen molar-refractivity contribution < 1.29 is 19.4 Å². The SMILES string of the molecule is CNC(=O)c1cc(-c2ccc(OC)cc2)nn(CC(=O)NCCO)c1=O. The Morgan fingerprint density at radius 1 is 1.27 bits per heavy atom. The Balaban J connectivity index is 2.47. The molecule has 1 heterocycles. The van der Waals surface area contributed by atoms with E-state index in [4.69, 9.17) is 9.84 Å². The van der Waals surface area contributed by atoms with Crippen molar-refractivity contribution in [2.45, 2.75) is 6.54 Å². The van der Waals surface area contributed by atoms with Crippen molar-refractivity contribution in [3.05, 3.63) is 46.2 Å². The van der Waals surface area contributed by atoms with Crippen molar-refractivity contribution in [3.8, 4) is 17.0 Å². The molecule has 0 fully saturated rings. The molecule has 138 valence electrons. The normalized spacial score (nSPS) is 10.3. The van der Waals surface area contributed by atoms with Gasteiger partial charge in [0, 0.05) is 19.2 Å². The average Bonchev–Trinajstić information content (AvgIpc) is 2.67. The molecule has 2 aromatic rings. The number of ether oxygens (including phenoxy) is 1. The number of aromatic nitrogens is 2. The monoisotopic (exact) mass is 360 g/mol. The van der Waals surface area contributed by atoms with Crippen molar-refractivity contribution in [1.29, 1.82) is 0 Å². The Morgan fingerprint density at radius 2 is 1.96 bits per heavy atom. The van der Waals surface area contributed by atoms with E-state index in [1.165, 1.54) is 13.1 Å². The summed E-state index contributed by atoms with van der Waals surface area (Å²) in [5, 5.41) is 17.8. The molecule has 0 spiro atoms. The Labute approximate surface area is 149 Å². The van der Waals surface area contributed by atoms with Gasteiger partial charge in [-0.05, 0) is 30.3 Å². The molecule has 0 atom stereocenters. The van der Waals surface area contributed by atoms with Crippen LogP contribution in [-0.2, 0) is 11.3 Å². The van der Waals surface area contributed by atoms with Gasteiger partial charge < -0.3 is 20.5 Å². The topological polar surface area (TPSA) is 123 Å². The number of rotatable bonds is 7. The molecule has 0 aliphatic carbocycles. The predicted molar refractivity (Wildman–Crippen MR) is 94.0 cm³/mol. The molecule has 2 rings (SSSR count). The summed E-state index contributed by atoms with van der Waals surface area (Å²) in [6.07, 6.45) is 0. The van der Waals surface area contributed by atoms with E-state index in [2.05, 4.69) is 15.7 Å². The number of carbonyl (C=O) groups excluding carboxylic acids is 2. The van der Waals surface area contributed by atoms with Crippen LogP contribution in [0.4, 0.5) is 0 Å². The zero-order chi connectivity index (χ0) is 19.1. The van der Waals surface area contributed by atoms with Gasteiger partial charge in [-0.3, -0.25) is 14.4 Å². The molecule has 26 heavy (non-hydrogen) atoms. The highest BCUT2D eigenvalue weighted by atomic mass is 16.5. The molecule has 1 aromatic carbocycles. The number of hydrogen-bond acceptors (Lipinski definition) is 6. The van der Waals surface area contributed by atoms with Crippen LogP contribution in [0.2, 0.25) is 0 Å². The second-order valence-electron chi connectivity index (χ2n) is 5.29. The maximum Gasteiger partial charge on any atom is 0.280 e. The van der Waals surface area contributed by atoms with Crippen LogP contribution in [0, 0.1) is 0 Å². The fraction of sp³-hybridized carbons (Fsp3) is 0.294. The van der Waals surface area contributed by atoms with Crippen molar-refractivity contribution >= 4 is 11.8 Å². The van der Waals surface area contributed by atoms with Crippen LogP contribution < -0.4 is 20.9 Å². The molecule has 9 heteroatoms. The van der Waals surface area contributed by atoms with Gasteiger partial charge in [0.15, 0.2) is 0 Å². The van der Waals surface area contributed by atoms with E-state index >= 15 is 0 Å². The van der Waals surface area contributed by atoms with Gasteiger partial charge in [0.25, 0.3) is 11.5 Å². The fourth-order valence-electron chi connectivity index (χ4n) is 2.24. The fourth-order valence-corrected chi connectivity index (χ4v) is 2.24. The van der Waals surface area contributed by atoms with Gasteiger partial charge in [0.2, 0.25) is 5.91 Å². The summed E-state index contributed by atoms with van der Waals surface area (Å²) in [5.74, 6) is -0.419. The molecule has 2 amide bonds. The average molecular weight is 360 g/mol. The molecular weight excluding hydrogens is 340 g/mol. The first-order valence-corrected chi connectivity index (χ1v) is 7.86.